The normalized spacial score (nSPS) is 15.4. The Kier molecular flexibility index (Phi) is 8.17. The number of ether oxygens (including phenoxy) is 2. The number of hydrogen-bond donors (Lipinski definition) is 1. The minimum absolute atomic E-state index is 0.0624. The molecular weight excluding hydrogens is 485 g/mol. The fourth-order valence-corrected chi connectivity index (χ4v) is 3.88. The highest BCUT2D eigenvalue weighted by Crippen LogP contribution is 2.29. The minimum Gasteiger partial charge on any atom is -0.490 e. The Morgan fingerprint density at radius 3 is 2.58 bits per heavy atom. The molecule has 0 aliphatic carbocycles. The molecule has 0 aromatic heterocycles. The summed E-state index contributed by atoms with van der Waals surface area (Å²) < 4.78 is 24.8. The van der Waals surface area contributed by atoms with Crippen LogP contribution in [0.3, 0.4) is 0 Å². The average molecular weight is 510 g/mol. The Morgan fingerprint density at radius 2 is 1.86 bits per heavy atom. The van der Waals surface area contributed by atoms with Crippen molar-refractivity contribution in [1.29, 1.82) is 0 Å². The first kappa shape index (κ1) is 25.2. The van der Waals surface area contributed by atoms with E-state index < -0.39 is 5.92 Å². The number of halogens is 2. The highest BCUT2D eigenvalue weighted by atomic mass is 35.5. The Morgan fingerprint density at radius 1 is 1.11 bits per heavy atom. The van der Waals surface area contributed by atoms with Gasteiger partial charge in [0.2, 0.25) is 11.8 Å². The van der Waals surface area contributed by atoms with Crippen LogP contribution in [0.5, 0.6) is 11.5 Å². The third kappa shape index (κ3) is 6.40. The maximum absolute atomic E-state index is 13.2. The molecule has 186 valence electrons. The summed E-state index contributed by atoms with van der Waals surface area (Å²) in [6, 6.07) is 18.3. The molecule has 1 N–H and O–H groups in total. The number of nitrogens with one attached hydrogen (secondary N) is 1. The highest BCUT2D eigenvalue weighted by Gasteiger charge is 2.35. The summed E-state index contributed by atoms with van der Waals surface area (Å²) in [5.74, 6) is -0.361. The highest BCUT2D eigenvalue weighted by molar-refractivity contribution is 6.30. The average Bonchev–Trinajstić information content (AvgIpc) is 3.27. The molecule has 0 saturated carbocycles. The molecule has 0 bridgehead atoms. The Bertz CT molecular complexity index is 1250. The van der Waals surface area contributed by atoms with Gasteiger partial charge in [0.05, 0.1) is 18.7 Å². The van der Waals surface area contributed by atoms with E-state index in [0.29, 0.717) is 41.0 Å². The fourth-order valence-electron chi connectivity index (χ4n) is 3.75. The van der Waals surface area contributed by atoms with Gasteiger partial charge in [0.25, 0.3) is 0 Å². The van der Waals surface area contributed by atoms with Crippen LogP contribution in [-0.4, -0.2) is 31.2 Å². The van der Waals surface area contributed by atoms with Crippen LogP contribution >= 0.6 is 11.6 Å². The van der Waals surface area contributed by atoms with Crippen LogP contribution in [0.1, 0.15) is 24.5 Å². The van der Waals surface area contributed by atoms with Gasteiger partial charge in [-0.1, -0.05) is 23.7 Å². The third-order valence-electron chi connectivity index (χ3n) is 5.60. The van der Waals surface area contributed by atoms with Gasteiger partial charge >= 0.3 is 0 Å². The van der Waals surface area contributed by atoms with Crippen molar-refractivity contribution in [3.05, 3.63) is 88.7 Å². The number of amides is 2. The molecule has 0 radical (unpaired) electrons. The van der Waals surface area contributed by atoms with Crippen LogP contribution in [0, 0.1) is 11.7 Å². The zero-order chi connectivity index (χ0) is 25.5. The number of carbonyl (C=O) groups excluding carboxylic acids is 2. The smallest absolute Gasteiger partial charge is 0.245 e. The van der Waals surface area contributed by atoms with Gasteiger partial charge in [0.1, 0.15) is 12.4 Å². The second-order valence-electron chi connectivity index (χ2n) is 8.17. The molecule has 1 aliphatic heterocycles. The van der Waals surface area contributed by atoms with Crippen LogP contribution in [0.15, 0.2) is 71.8 Å². The van der Waals surface area contributed by atoms with Crippen molar-refractivity contribution in [3.8, 4) is 11.5 Å². The molecule has 4 rings (SSSR count). The van der Waals surface area contributed by atoms with Crippen LogP contribution in [-0.2, 0) is 16.2 Å². The maximum atomic E-state index is 13.2. The number of benzene rings is 3. The van der Waals surface area contributed by atoms with E-state index in [1.165, 1.54) is 35.4 Å². The van der Waals surface area contributed by atoms with Crippen molar-refractivity contribution in [2.45, 2.75) is 20.0 Å². The van der Waals surface area contributed by atoms with Gasteiger partial charge in [-0.25, -0.2) is 9.82 Å². The molecule has 9 heteroatoms. The zero-order valence-electron chi connectivity index (χ0n) is 19.6. The number of nitrogens with zero attached hydrogens (tertiary/aromatic N) is 2. The Balaban J connectivity index is 1.35. The molecule has 0 spiro atoms. The lowest BCUT2D eigenvalue weighted by molar-refractivity contribution is -0.126. The number of rotatable bonds is 9. The third-order valence-corrected chi connectivity index (χ3v) is 5.85. The molecule has 3 aromatic rings. The molecule has 2 amide bonds. The van der Waals surface area contributed by atoms with Crippen molar-refractivity contribution in [1.82, 2.24) is 5.43 Å². The second-order valence-corrected chi connectivity index (χ2v) is 8.61. The lowest BCUT2D eigenvalue weighted by atomic mass is 10.1. The molecule has 1 heterocycles. The molecule has 36 heavy (non-hydrogen) atoms. The van der Waals surface area contributed by atoms with Crippen molar-refractivity contribution >= 4 is 35.3 Å². The first-order valence-electron chi connectivity index (χ1n) is 11.5. The Hall–Kier alpha value is -3.91. The first-order valence-corrected chi connectivity index (χ1v) is 11.8. The molecule has 1 atom stereocenters. The number of hydrogen-bond acceptors (Lipinski definition) is 5. The van der Waals surface area contributed by atoms with Crippen molar-refractivity contribution in [2.75, 3.05) is 18.1 Å². The number of anilines is 1. The minimum atomic E-state index is -0.553. The van der Waals surface area contributed by atoms with E-state index in [1.807, 2.05) is 19.1 Å². The molecular formula is C27H25ClFN3O4. The monoisotopic (exact) mass is 509 g/mol. The Labute approximate surface area is 213 Å². The van der Waals surface area contributed by atoms with Gasteiger partial charge in [0.15, 0.2) is 11.5 Å². The summed E-state index contributed by atoms with van der Waals surface area (Å²) >= 11 is 5.93. The van der Waals surface area contributed by atoms with Crippen molar-refractivity contribution < 1.29 is 23.5 Å². The van der Waals surface area contributed by atoms with Crippen molar-refractivity contribution in [2.24, 2.45) is 11.0 Å². The SMILES string of the molecule is CCOc1cc(/C=N\NC(=O)[C@H]2CC(=O)N(c3ccc(F)cc3)C2)ccc1OCc1ccc(Cl)cc1. The molecule has 0 unspecified atom stereocenters. The van der Waals surface area contributed by atoms with Crippen LogP contribution in [0.4, 0.5) is 10.1 Å². The summed E-state index contributed by atoms with van der Waals surface area (Å²) in [6.07, 6.45) is 1.56. The van der Waals surface area contributed by atoms with Crippen LogP contribution < -0.4 is 19.8 Å². The van der Waals surface area contributed by atoms with Gasteiger partial charge in [-0.2, -0.15) is 5.10 Å². The van der Waals surface area contributed by atoms with E-state index >= 15 is 0 Å². The van der Waals surface area contributed by atoms with Gasteiger partial charge in [0, 0.05) is 23.7 Å². The summed E-state index contributed by atoms with van der Waals surface area (Å²) in [6.45, 7) is 2.90. The van der Waals surface area contributed by atoms with Crippen molar-refractivity contribution in [3.63, 3.8) is 0 Å². The zero-order valence-corrected chi connectivity index (χ0v) is 20.4. The lowest BCUT2D eigenvalue weighted by Crippen LogP contribution is -2.30. The molecule has 1 fully saturated rings. The summed E-state index contributed by atoms with van der Waals surface area (Å²) in [5.41, 5.74) is 4.73. The summed E-state index contributed by atoms with van der Waals surface area (Å²) in [7, 11) is 0. The van der Waals surface area contributed by atoms with Gasteiger partial charge in [-0.15, -0.1) is 0 Å². The van der Waals surface area contributed by atoms with Crippen LogP contribution in [0.2, 0.25) is 5.02 Å². The van der Waals surface area contributed by atoms with Gasteiger partial charge < -0.3 is 14.4 Å². The molecule has 1 saturated heterocycles. The predicted octanol–water partition coefficient (Wildman–Crippen LogP) is 4.96. The largest absolute Gasteiger partial charge is 0.490 e. The molecule has 7 nitrogen and oxygen atoms in total. The lowest BCUT2D eigenvalue weighted by Gasteiger charge is -2.16. The second kappa shape index (κ2) is 11.7. The van der Waals surface area contributed by atoms with E-state index in [9.17, 15) is 14.0 Å². The molecule has 3 aromatic carbocycles. The van der Waals surface area contributed by atoms with E-state index in [2.05, 4.69) is 10.5 Å². The fraction of sp³-hybridized carbons (Fsp3) is 0.222. The number of hydrazone groups is 1. The summed E-state index contributed by atoms with van der Waals surface area (Å²) in [4.78, 5) is 26.4. The quantitative estimate of drug-likeness (QED) is 0.326. The van der Waals surface area contributed by atoms with Crippen LogP contribution in [0.25, 0.3) is 0 Å². The van der Waals surface area contributed by atoms with E-state index in [0.717, 1.165) is 5.56 Å². The van der Waals surface area contributed by atoms with Gasteiger partial charge in [-0.05, 0) is 72.6 Å². The maximum Gasteiger partial charge on any atom is 0.245 e. The van der Waals surface area contributed by atoms with E-state index in [1.54, 1.807) is 30.3 Å². The van der Waals surface area contributed by atoms with E-state index in [4.69, 9.17) is 21.1 Å². The van der Waals surface area contributed by atoms with E-state index in [-0.39, 0.29) is 30.6 Å². The summed E-state index contributed by atoms with van der Waals surface area (Å²) in [5, 5.41) is 4.70. The topological polar surface area (TPSA) is 80.2 Å². The number of carbonyl (C=O) groups is 2. The first-order chi connectivity index (χ1) is 17.4. The standard InChI is InChI=1S/C27H25ClFN3O4/c1-2-35-25-13-19(5-12-24(25)36-17-18-3-6-21(28)7-4-18)15-30-31-27(34)20-14-26(33)32(16-20)23-10-8-22(29)9-11-23/h3-13,15,20H,2,14,16-17H2,1H3,(H,31,34)/b30-15-/t20-/m0/s1. The van der Waals surface area contributed by atoms with Gasteiger partial charge in [-0.3, -0.25) is 9.59 Å². The predicted molar refractivity (Wildman–Crippen MR) is 136 cm³/mol. The molecule has 1 aliphatic rings.